The van der Waals surface area contributed by atoms with Crippen LogP contribution in [0.25, 0.3) is 11.4 Å². The van der Waals surface area contributed by atoms with Crippen molar-refractivity contribution in [3.63, 3.8) is 0 Å². The van der Waals surface area contributed by atoms with Gasteiger partial charge in [-0.25, -0.2) is 14.8 Å². The van der Waals surface area contributed by atoms with Gasteiger partial charge < -0.3 is 10.4 Å². The summed E-state index contributed by atoms with van der Waals surface area (Å²) in [5.74, 6) is -0.260. The van der Waals surface area contributed by atoms with Crippen molar-refractivity contribution in [2.75, 3.05) is 5.32 Å². The van der Waals surface area contributed by atoms with Crippen LogP contribution in [0.1, 0.15) is 13.3 Å². The Kier molecular flexibility index (Phi) is 4.07. The molecule has 0 amide bonds. The van der Waals surface area contributed by atoms with Crippen LogP contribution in [0, 0.1) is 0 Å². The Morgan fingerprint density at radius 3 is 2.42 bits per heavy atom. The van der Waals surface area contributed by atoms with E-state index in [-0.39, 0.29) is 0 Å². The number of rotatable bonds is 5. The number of aliphatic carboxylic acids is 1. The predicted octanol–water partition coefficient (Wildman–Crippen LogP) is 2.42. The molecular formula is C14H15N3O2. The molecule has 5 heteroatoms. The average molecular weight is 257 g/mol. The van der Waals surface area contributed by atoms with Crippen molar-refractivity contribution in [1.82, 2.24) is 9.97 Å². The van der Waals surface area contributed by atoms with E-state index in [1.807, 2.05) is 37.3 Å². The Morgan fingerprint density at radius 1 is 1.26 bits per heavy atom. The van der Waals surface area contributed by atoms with Gasteiger partial charge in [0.2, 0.25) is 0 Å². The standard InChI is InChI=1S/C14H15N3O2/c1-2-12(14(18)19)17-11-8-15-13(16-9-11)10-6-4-3-5-7-10/h3-9,12,17H,2H2,1H3,(H,18,19). The van der Waals surface area contributed by atoms with Gasteiger partial charge in [-0.1, -0.05) is 37.3 Å². The summed E-state index contributed by atoms with van der Waals surface area (Å²) in [7, 11) is 0. The molecule has 2 N–H and O–H groups in total. The monoisotopic (exact) mass is 257 g/mol. The van der Waals surface area contributed by atoms with E-state index in [0.717, 1.165) is 5.56 Å². The third-order valence-corrected chi connectivity index (χ3v) is 2.73. The molecule has 0 saturated heterocycles. The number of carboxylic acid groups (broad SMARTS) is 1. The number of hydrogen-bond donors (Lipinski definition) is 2. The number of carbonyl (C=O) groups is 1. The van der Waals surface area contributed by atoms with Gasteiger partial charge in [0, 0.05) is 5.56 Å². The average Bonchev–Trinajstić information content (AvgIpc) is 2.46. The molecule has 98 valence electrons. The Morgan fingerprint density at radius 2 is 1.89 bits per heavy atom. The first-order valence-corrected chi connectivity index (χ1v) is 6.07. The molecule has 0 aliphatic carbocycles. The summed E-state index contributed by atoms with van der Waals surface area (Å²) in [5, 5.41) is 11.8. The second-order valence-electron chi connectivity index (χ2n) is 4.10. The van der Waals surface area contributed by atoms with E-state index in [0.29, 0.717) is 17.9 Å². The normalized spacial score (nSPS) is 11.8. The van der Waals surface area contributed by atoms with Gasteiger partial charge in [-0.15, -0.1) is 0 Å². The van der Waals surface area contributed by atoms with Crippen molar-refractivity contribution >= 4 is 11.7 Å². The van der Waals surface area contributed by atoms with Crippen LogP contribution in [0.3, 0.4) is 0 Å². The first-order chi connectivity index (χ1) is 9.20. The summed E-state index contributed by atoms with van der Waals surface area (Å²) in [6.07, 6.45) is 3.69. The molecule has 1 aromatic heterocycles. The molecule has 1 heterocycles. The molecule has 0 spiro atoms. The van der Waals surface area contributed by atoms with Gasteiger partial charge in [0.15, 0.2) is 5.82 Å². The molecule has 0 saturated carbocycles. The SMILES string of the molecule is CCC(Nc1cnc(-c2ccccc2)nc1)C(=O)O. The van der Waals surface area contributed by atoms with E-state index >= 15 is 0 Å². The number of benzene rings is 1. The van der Waals surface area contributed by atoms with E-state index in [4.69, 9.17) is 5.11 Å². The maximum absolute atomic E-state index is 10.9. The molecule has 0 fully saturated rings. The fourth-order valence-corrected chi connectivity index (χ4v) is 1.68. The molecule has 2 rings (SSSR count). The van der Waals surface area contributed by atoms with Crippen LogP contribution in [0.4, 0.5) is 5.69 Å². The third-order valence-electron chi connectivity index (χ3n) is 2.73. The third kappa shape index (κ3) is 3.28. The minimum atomic E-state index is -0.880. The highest BCUT2D eigenvalue weighted by molar-refractivity contribution is 5.77. The smallest absolute Gasteiger partial charge is 0.326 e. The van der Waals surface area contributed by atoms with E-state index < -0.39 is 12.0 Å². The second kappa shape index (κ2) is 5.95. The lowest BCUT2D eigenvalue weighted by Gasteiger charge is -2.13. The van der Waals surface area contributed by atoms with Crippen molar-refractivity contribution in [3.8, 4) is 11.4 Å². The van der Waals surface area contributed by atoms with E-state index in [2.05, 4.69) is 15.3 Å². The van der Waals surface area contributed by atoms with Gasteiger partial charge in [0.25, 0.3) is 0 Å². The zero-order valence-corrected chi connectivity index (χ0v) is 10.6. The number of aromatic nitrogens is 2. The van der Waals surface area contributed by atoms with Crippen LogP contribution in [0.15, 0.2) is 42.7 Å². The molecule has 19 heavy (non-hydrogen) atoms. The van der Waals surface area contributed by atoms with E-state index in [1.54, 1.807) is 12.4 Å². The highest BCUT2D eigenvalue weighted by atomic mass is 16.4. The first-order valence-electron chi connectivity index (χ1n) is 6.07. The van der Waals surface area contributed by atoms with Crippen molar-refractivity contribution < 1.29 is 9.90 Å². The molecule has 0 radical (unpaired) electrons. The van der Waals surface area contributed by atoms with Crippen LogP contribution in [0.5, 0.6) is 0 Å². The molecule has 2 aromatic rings. The number of carboxylic acids is 1. The minimum Gasteiger partial charge on any atom is -0.480 e. The number of nitrogens with zero attached hydrogens (tertiary/aromatic N) is 2. The van der Waals surface area contributed by atoms with Crippen LogP contribution in [0.2, 0.25) is 0 Å². The van der Waals surface area contributed by atoms with Gasteiger partial charge in [0.05, 0.1) is 18.1 Å². The second-order valence-corrected chi connectivity index (χ2v) is 4.10. The molecule has 5 nitrogen and oxygen atoms in total. The number of nitrogens with one attached hydrogen (secondary N) is 1. The lowest BCUT2D eigenvalue weighted by molar-refractivity contribution is -0.137. The lowest BCUT2D eigenvalue weighted by atomic mass is 10.2. The van der Waals surface area contributed by atoms with Crippen molar-refractivity contribution in [2.45, 2.75) is 19.4 Å². The first kappa shape index (κ1) is 13.0. The zero-order valence-electron chi connectivity index (χ0n) is 10.6. The summed E-state index contributed by atoms with van der Waals surface area (Å²) < 4.78 is 0. The maximum Gasteiger partial charge on any atom is 0.326 e. The molecule has 0 aliphatic rings. The van der Waals surface area contributed by atoms with Gasteiger partial charge in [0.1, 0.15) is 6.04 Å². The topological polar surface area (TPSA) is 75.1 Å². The highest BCUT2D eigenvalue weighted by Crippen LogP contribution is 2.15. The Hall–Kier alpha value is -2.43. The molecular weight excluding hydrogens is 242 g/mol. The van der Waals surface area contributed by atoms with Crippen LogP contribution < -0.4 is 5.32 Å². The van der Waals surface area contributed by atoms with Gasteiger partial charge in [-0.2, -0.15) is 0 Å². The zero-order chi connectivity index (χ0) is 13.7. The summed E-state index contributed by atoms with van der Waals surface area (Å²) in [6, 6.07) is 9.00. The van der Waals surface area contributed by atoms with Gasteiger partial charge in [-0.3, -0.25) is 0 Å². The Bertz CT molecular complexity index is 540. The molecule has 1 unspecified atom stereocenters. The summed E-state index contributed by atoms with van der Waals surface area (Å²) in [4.78, 5) is 19.4. The van der Waals surface area contributed by atoms with Gasteiger partial charge >= 0.3 is 5.97 Å². The maximum atomic E-state index is 10.9. The number of hydrogen-bond acceptors (Lipinski definition) is 4. The van der Waals surface area contributed by atoms with Crippen molar-refractivity contribution in [1.29, 1.82) is 0 Å². The van der Waals surface area contributed by atoms with Crippen LogP contribution in [-0.4, -0.2) is 27.1 Å². The lowest BCUT2D eigenvalue weighted by Crippen LogP contribution is -2.28. The predicted molar refractivity (Wildman–Crippen MR) is 72.8 cm³/mol. The largest absolute Gasteiger partial charge is 0.480 e. The van der Waals surface area contributed by atoms with E-state index in [9.17, 15) is 4.79 Å². The summed E-state index contributed by atoms with van der Waals surface area (Å²) in [6.45, 7) is 1.81. The quantitative estimate of drug-likeness (QED) is 0.860. The number of anilines is 1. The molecule has 0 aliphatic heterocycles. The molecule has 0 bridgehead atoms. The van der Waals surface area contributed by atoms with E-state index in [1.165, 1.54) is 0 Å². The van der Waals surface area contributed by atoms with Crippen LogP contribution in [-0.2, 0) is 4.79 Å². The Balaban J connectivity index is 2.13. The molecule has 1 aromatic carbocycles. The fraction of sp³-hybridized carbons (Fsp3) is 0.214. The summed E-state index contributed by atoms with van der Waals surface area (Å²) >= 11 is 0. The Labute approximate surface area is 111 Å². The fourth-order valence-electron chi connectivity index (χ4n) is 1.68. The van der Waals surface area contributed by atoms with Crippen LogP contribution >= 0.6 is 0 Å². The summed E-state index contributed by atoms with van der Waals surface area (Å²) in [5.41, 5.74) is 1.54. The highest BCUT2D eigenvalue weighted by Gasteiger charge is 2.14. The molecule has 1 atom stereocenters. The van der Waals surface area contributed by atoms with Crippen molar-refractivity contribution in [3.05, 3.63) is 42.7 Å². The van der Waals surface area contributed by atoms with Gasteiger partial charge in [-0.05, 0) is 6.42 Å². The van der Waals surface area contributed by atoms with Crippen molar-refractivity contribution in [2.24, 2.45) is 0 Å². The minimum absolute atomic E-state index is 0.496.